The summed E-state index contributed by atoms with van der Waals surface area (Å²) in [5.74, 6) is -0.333. The first-order valence-electron chi connectivity index (χ1n) is 11.0. The zero-order valence-corrected chi connectivity index (χ0v) is 19.9. The molecule has 0 radical (unpaired) electrons. The number of carbonyl (C=O) groups is 2. The molecule has 11 heteroatoms. The molecule has 0 aliphatic carbocycles. The Kier molecular flexibility index (Phi) is 6.64. The minimum Gasteiger partial charge on any atom is -0.462 e. The fourth-order valence-electron chi connectivity index (χ4n) is 3.57. The molecule has 10 nitrogen and oxygen atoms in total. The van der Waals surface area contributed by atoms with E-state index in [9.17, 15) is 19.2 Å². The molecule has 0 aliphatic heterocycles. The van der Waals surface area contributed by atoms with Gasteiger partial charge in [0.2, 0.25) is 11.7 Å². The number of thiophene rings is 1. The van der Waals surface area contributed by atoms with Crippen molar-refractivity contribution >= 4 is 44.9 Å². The van der Waals surface area contributed by atoms with E-state index in [4.69, 9.17) is 4.74 Å². The second-order valence-electron chi connectivity index (χ2n) is 8.20. The van der Waals surface area contributed by atoms with Crippen LogP contribution in [0.1, 0.15) is 37.6 Å². The molecular formula is C23H25N5O5S. The summed E-state index contributed by atoms with van der Waals surface area (Å²) in [5, 5.41) is 8.78. The molecule has 1 N–H and O–H groups in total. The van der Waals surface area contributed by atoms with Crippen molar-refractivity contribution in [2.75, 3.05) is 11.9 Å². The van der Waals surface area contributed by atoms with Gasteiger partial charge in [-0.15, -0.1) is 16.4 Å². The summed E-state index contributed by atoms with van der Waals surface area (Å²) in [6.45, 7) is 6.20. The average Bonchev–Trinajstić information content (AvgIpc) is 3.39. The molecule has 178 valence electrons. The molecule has 0 fully saturated rings. The molecule has 0 spiro atoms. The highest BCUT2D eigenvalue weighted by Crippen LogP contribution is 2.18. The second-order valence-corrected chi connectivity index (χ2v) is 9.11. The predicted molar refractivity (Wildman–Crippen MR) is 130 cm³/mol. The maximum atomic E-state index is 13.1. The Balaban J connectivity index is 1.62. The monoisotopic (exact) mass is 483 g/mol. The molecule has 0 atom stereocenters. The summed E-state index contributed by atoms with van der Waals surface area (Å²) in [5.41, 5.74) is 0.627. The summed E-state index contributed by atoms with van der Waals surface area (Å²) >= 11 is 1.27. The van der Waals surface area contributed by atoms with Crippen LogP contribution in [-0.4, -0.2) is 37.2 Å². The van der Waals surface area contributed by atoms with E-state index in [2.05, 4.69) is 24.3 Å². The van der Waals surface area contributed by atoms with E-state index < -0.39 is 17.6 Å². The van der Waals surface area contributed by atoms with Crippen LogP contribution in [0.15, 0.2) is 45.3 Å². The topological polar surface area (TPSA) is 117 Å². The number of hydrogen-bond acceptors (Lipinski definition) is 7. The van der Waals surface area contributed by atoms with Crippen molar-refractivity contribution in [3.63, 3.8) is 0 Å². The molecular weight excluding hydrogens is 458 g/mol. The van der Waals surface area contributed by atoms with E-state index in [1.54, 1.807) is 42.6 Å². The van der Waals surface area contributed by atoms with Crippen molar-refractivity contribution in [3.8, 4) is 0 Å². The highest BCUT2D eigenvalue weighted by Gasteiger charge is 2.19. The molecule has 1 aromatic carbocycles. The van der Waals surface area contributed by atoms with Crippen LogP contribution in [0.2, 0.25) is 0 Å². The lowest BCUT2D eigenvalue weighted by Crippen LogP contribution is -2.29. The van der Waals surface area contributed by atoms with Gasteiger partial charge in [0.25, 0.3) is 5.56 Å². The normalized spacial score (nSPS) is 11.4. The fourth-order valence-corrected chi connectivity index (χ4v) is 4.39. The molecule has 1 amide bonds. The minimum absolute atomic E-state index is 0.193. The number of benzene rings is 1. The number of nitrogens with zero attached hydrogens (tertiary/aromatic N) is 4. The number of amides is 1. The first-order valence-corrected chi connectivity index (χ1v) is 11.8. The van der Waals surface area contributed by atoms with Gasteiger partial charge in [0.15, 0.2) is 0 Å². The molecule has 34 heavy (non-hydrogen) atoms. The van der Waals surface area contributed by atoms with Gasteiger partial charge in [0.05, 0.1) is 17.7 Å². The van der Waals surface area contributed by atoms with Gasteiger partial charge in [0, 0.05) is 12.2 Å². The number of ether oxygens (including phenoxy) is 1. The lowest BCUT2D eigenvalue weighted by molar-refractivity contribution is -0.117. The Morgan fingerprint density at radius 2 is 1.88 bits per heavy atom. The van der Waals surface area contributed by atoms with Gasteiger partial charge >= 0.3 is 11.7 Å². The van der Waals surface area contributed by atoms with Crippen LogP contribution >= 0.6 is 11.3 Å². The quantitative estimate of drug-likeness (QED) is 0.385. The van der Waals surface area contributed by atoms with E-state index in [1.165, 1.54) is 20.3 Å². The highest BCUT2D eigenvalue weighted by molar-refractivity contribution is 7.17. The summed E-state index contributed by atoms with van der Waals surface area (Å²) < 4.78 is 9.36. The Labute approximate surface area is 198 Å². The molecule has 0 bridgehead atoms. The number of fused-ring (bicyclic) bond motifs is 3. The lowest BCUT2D eigenvalue weighted by Gasteiger charge is -2.09. The van der Waals surface area contributed by atoms with Crippen LogP contribution in [0.4, 0.5) is 5.69 Å². The van der Waals surface area contributed by atoms with Gasteiger partial charge in [-0.25, -0.2) is 18.7 Å². The molecule has 0 unspecified atom stereocenters. The van der Waals surface area contributed by atoms with Crippen molar-refractivity contribution in [1.82, 2.24) is 18.7 Å². The second kappa shape index (κ2) is 9.64. The average molecular weight is 484 g/mol. The summed E-state index contributed by atoms with van der Waals surface area (Å²) in [4.78, 5) is 50.5. The minimum atomic E-state index is -0.496. The van der Waals surface area contributed by atoms with Gasteiger partial charge < -0.3 is 10.1 Å². The molecule has 0 aliphatic rings. The van der Waals surface area contributed by atoms with Crippen molar-refractivity contribution in [3.05, 3.63) is 62.1 Å². The Morgan fingerprint density at radius 3 is 2.56 bits per heavy atom. The van der Waals surface area contributed by atoms with E-state index in [1.807, 2.05) is 0 Å². The summed E-state index contributed by atoms with van der Waals surface area (Å²) in [7, 11) is 0. The number of aryl methyl sites for hydroxylation is 1. The molecule has 4 aromatic rings. The number of aromatic nitrogens is 4. The van der Waals surface area contributed by atoms with E-state index in [-0.39, 0.29) is 24.5 Å². The molecule has 3 heterocycles. The Morgan fingerprint density at radius 1 is 1.15 bits per heavy atom. The number of carbonyl (C=O) groups excluding carboxylic acids is 2. The van der Waals surface area contributed by atoms with Crippen LogP contribution in [0.5, 0.6) is 0 Å². The van der Waals surface area contributed by atoms with Gasteiger partial charge in [-0.1, -0.05) is 13.8 Å². The van der Waals surface area contributed by atoms with E-state index in [0.29, 0.717) is 33.9 Å². The van der Waals surface area contributed by atoms with Crippen molar-refractivity contribution in [2.24, 2.45) is 5.92 Å². The SMILES string of the molecule is CCOC(=O)c1ccc(NC(=O)Cn2nc3n(CCC(C)C)c(=O)c4sccc4n3c2=O)cc1. The maximum Gasteiger partial charge on any atom is 0.352 e. The number of anilines is 1. The third kappa shape index (κ3) is 4.51. The van der Waals surface area contributed by atoms with E-state index >= 15 is 0 Å². The van der Waals surface area contributed by atoms with E-state index in [0.717, 1.165) is 11.1 Å². The predicted octanol–water partition coefficient (Wildman–Crippen LogP) is 2.73. The fraction of sp³-hybridized carbons (Fsp3) is 0.348. The zero-order valence-electron chi connectivity index (χ0n) is 19.1. The zero-order chi connectivity index (χ0) is 24.4. The number of esters is 1. The number of nitrogens with one attached hydrogen (secondary N) is 1. The van der Waals surface area contributed by atoms with Crippen LogP contribution < -0.4 is 16.6 Å². The number of rotatable bonds is 8. The molecule has 0 saturated carbocycles. The van der Waals surface area contributed by atoms with Gasteiger partial charge in [-0.3, -0.25) is 14.2 Å². The molecule has 0 saturated heterocycles. The summed E-state index contributed by atoms with van der Waals surface area (Å²) in [6, 6.07) is 7.96. The Hall–Kier alpha value is -3.73. The van der Waals surface area contributed by atoms with Crippen LogP contribution in [0.3, 0.4) is 0 Å². The number of hydrogen-bond donors (Lipinski definition) is 1. The smallest absolute Gasteiger partial charge is 0.352 e. The maximum absolute atomic E-state index is 13.1. The van der Waals surface area contributed by atoms with Crippen LogP contribution in [-0.2, 0) is 22.6 Å². The summed E-state index contributed by atoms with van der Waals surface area (Å²) in [6.07, 6.45) is 0.746. The van der Waals surface area contributed by atoms with Crippen LogP contribution in [0, 0.1) is 5.92 Å². The third-order valence-corrected chi connectivity index (χ3v) is 6.18. The lowest BCUT2D eigenvalue weighted by atomic mass is 10.1. The molecule has 3 aromatic heterocycles. The van der Waals surface area contributed by atoms with Crippen molar-refractivity contribution in [1.29, 1.82) is 0 Å². The van der Waals surface area contributed by atoms with Gasteiger partial charge in [-0.2, -0.15) is 0 Å². The van der Waals surface area contributed by atoms with Crippen LogP contribution in [0.25, 0.3) is 16.0 Å². The van der Waals surface area contributed by atoms with Crippen molar-refractivity contribution < 1.29 is 14.3 Å². The largest absolute Gasteiger partial charge is 0.462 e. The Bertz CT molecular complexity index is 1480. The molecule has 4 rings (SSSR count). The van der Waals surface area contributed by atoms with Gasteiger partial charge in [-0.05, 0) is 55.0 Å². The van der Waals surface area contributed by atoms with Gasteiger partial charge in [0.1, 0.15) is 11.2 Å². The third-order valence-electron chi connectivity index (χ3n) is 5.29. The first-order chi connectivity index (χ1) is 16.3. The standard InChI is InChI=1S/C23H25N5O5S/c1-4-33-21(31)15-5-7-16(8-6-15)24-18(29)13-27-23(32)28-17-10-12-34-19(17)20(30)26(22(28)25-27)11-9-14(2)3/h5-8,10,12,14H,4,9,11,13H2,1-3H3,(H,24,29). The highest BCUT2D eigenvalue weighted by atomic mass is 32.1. The van der Waals surface area contributed by atoms with Crippen molar-refractivity contribution in [2.45, 2.75) is 40.3 Å². The first kappa shape index (κ1) is 23.4.